The number of piperidine rings is 1. The highest BCUT2D eigenvalue weighted by Gasteiger charge is 2.36. The molecule has 1 saturated carbocycles. The van der Waals surface area contributed by atoms with Gasteiger partial charge in [0, 0.05) is 48.4 Å². The van der Waals surface area contributed by atoms with Crippen molar-refractivity contribution in [3.63, 3.8) is 0 Å². The smallest absolute Gasteiger partial charge is 0.229 e. The molecule has 1 aliphatic heterocycles. The highest BCUT2D eigenvalue weighted by Crippen LogP contribution is 2.35. The van der Waals surface area contributed by atoms with Crippen LogP contribution in [0.5, 0.6) is 0 Å². The summed E-state index contributed by atoms with van der Waals surface area (Å²) < 4.78 is 1.92. The molecule has 2 fully saturated rings. The lowest BCUT2D eigenvalue weighted by molar-refractivity contribution is -0.135. The van der Waals surface area contributed by atoms with Crippen LogP contribution in [0.25, 0.3) is 0 Å². The van der Waals surface area contributed by atoms with Gasteiger partial charge in [0.2, 0.25) is 11.8 Å². The van der Waals surface area contributed by atoms with E-state index in [2.05, 4.69) is 10.3 Å². The fraction of sp³-hybridized carbons (Fsp3) is 0.450. The van der Waals surface area contributed by atoms with E-state index < -0.39 is 0 Å². The minimum absolute atomic E-state index is 0.0581. The first-order valence-electron chi connectivity index (χ1n) is 9.55. The van der Waals surface area contributed by atoms with Gasteiger partial charge in [0.05, 0.1) is 11.6 Å². The molecule has 1 unspecified atom stereocenters. The number of carbonyl (C=O) groups excluding carboxylic acids is 2. The number of rotatable bonds is 5. The average molecular weight is 419 g/mol. The van der Waals surface area contributed by atoms with Crippen molar-refractivity contribution in [1.82, 2.24) is 14.5 Å². The summed E-state index contributed by atoms with van der Waals surface area (Å²) in [5, 5.41) is 4.43. The van der Waals surface area contributed by atoms with Crippen molar-refractivity contribution in [2.75, 3.05) is 18.4 Å². The Bertz CT molecular complexity index is 896. The standard InChI is InChI=1S/C20H23ClN4O2S/c1-24-10-8-22-20(24)28-17-7-6-15(21)11-16(17)23-18(26)14-3-2-9-25(12-14)19(27)13-4-5-13/h6-8,10-11,13-14H,2-5,9,12H2,1H3,(H,23,26). The molecule has 0 spiro atoms. The van der Waals surface area contributed by atoms with Crippen LogP contribution in [-0.2, 0) is 16.6 Å². The predicted octanol–water partition coefficient (Wildman–Crippen LogP) is 3.81. The second kappa shape index (κ2) is 8.17. The van der Waals surface area contributed by atoms with Gasteiger partial charge in [0.1, 0.15) is 0 Å². The van der Waals surface area contributed by atoms with E-state index in [1.54, 1.807) is 18.3 Å². The Morgan fingerprint density at radius 3 is 2.79 bits per heavy atom. The first-order chi connectivity index (χ1) is 13.5. The molecule has 8 heteroatoms. The van der Waals surface area contributed by atoms with Gasteiger partial charge in [-0.15, -0.1) is 0 Å². The van der Waals surface area contributed by atoms with E-state index in [-0.39, 0.29) is 23.7 Å². The largest absolute Gasteiger partial charge is 0.342 e. The number of benzene rings is 1. The summed E-state index contributed by atoms with van der Waals surface area (Å²) in [7, 11) is 1.93. The Morgan fingerprint density at radius 1 is 1.25 bits per heavy atom. The highest BCUT2D eigenvalue weighted by atomic mass is 35.5. The number of anilines is 1. The van der Waals surface area contributed by atoms with Crippen LogP contribution in [0.15, 0.2) is 40.6 Å². The molecule has 1 atom stereocenters. The first-order valence-corrected chi connectivity index (χ1v) is 10.7. The van der Waals surface area contributed by atoms with Crippen LogP contribution in [0.4, 0.5) is 5.69 Å². The molecular weight excluding hydrogens is 396 g/mol. The molecular formula is C20H23ClN4O2S. The van der Waals surface area contributed by atoms with Crippen LogP contribution in [0, 0.1) is 11.8 Å². The lowest BCUT2D eigenvalue weighted by atomic mass is 9.96. The van der Waals surface area contributed by atoms with Gasteiger partial charge < -0.3 is 14.8 Å². The van der Waals surface area contributed by atoms with Gasteiger partial charge in [0.25, 0.3) is 0 Å². The summed E-state index contributed by atoms with van der Waals surface area (Å²) in [6.07, 6.45) is 7.25. The van der Waals surface area contributed by atoms with Gasteiger partial charge in [-0.3, -0.25) is 9.59 Å². The van der Waals surface area contributed by atoms with E-state index in [0.717, 1.165) is 42.3 Å². The van der Waals surface area contributed by atoms with E-state index in [1.807, 2.05) is 28.8 Å². The number of likely N-dealkylation sites (tertiary alicyclic amines) is 1. The van der Waals surface area contributed by atoms with E-state index in [9.17, 15) is 9.59 Å². The van der Waals surface area contributed by atoms with Crippen molar-refractivity contribution in [2.45, 2.75) is 35.7 Å². The fourth-order valence-corrected chi connectivity index (χ4v) is 4.50. The van der Waals surface area contributed by atoms with Crippen molar-refractivity contribution in [1.29, 1.82) is 0 Å². The third kappa shape index (κ3) is 4.36. The molecule has 1 aliphatic carbocycles. The van der Waals surface area contributed by atoms with Gasteiger partial charge in [0.15, 0.2) is 5.16 Å². The van der Waals surface area contributed by atoms with Crippen LogP contribution < -0.4 is 5.32 Å². The molecule has 1 aromatic carbocycles. The van der Waals surface area contributed by atoms with Crippen molar-refractivity contribution >= 4 is 40.9 Å². The third-order valence-corrected chi connectivity index (χ3v) is 6.60. The van der Waals surface area contributed by atoms with Crippen LogP contribution in [-0.4, -0.2) is 39.4 Å². The molecule has 148 valence electrons. The van der Waals surface area contributed by atoms with Crippen molar-refractivity contribution in [2.24, 2.45) is 18.9 Å². The molecule has 28 heavy (non-hydrogen) atoms. The molecule has 0 bridgehead atoms. The number of halogens is 1. The van der Waals surface area contributed by atoms with Gasteiger partial charge in [-0.1, -0.05) is 11.6 Å². The second-order valence-electron chi connectivity index (χ2n) is 7.45. The topological polar surface area (TPSA) is 67.2 Å². The molecule has 1 aromatic heterocycles. The molecule has 1 N–H and O–H groups in total. The Kier molecular flexibility index (Phi) is 5.64. The number of hydrogen-bond acceptors (Lipinski definition) is 4. The SMILES string of the molecule is Cn1ccnc1Sc1ccc(Cl)cc1NC(=O)C1CCCN(C(=O)C2CC2)C1. The number of amides is 2. The summed E-state index contributed by atoms with van der Waals surface area (Å²) in [5.41, 5.74) is 0.677. The zero-order valence-corrected chi connectivity index (χ0v) is 17.3. The van der Waals surface area contributed by atoms with Gasteiger partial charge in [-0.05, 0) is 55.6 Å². The summed E-state index contributed by atoms with van der Waals surface area (Å²) >= 11 is 7.65. The number of hydrogen-bond donors (Lipinski definition) is 1. The fourth-order valence-electron chi connectivity index (χ4n) is 3.45. The van der Waals surface area contributed by atoms with Gasteiger partial charge >= 0.3 is 0 Å². The number of nitrogens with zero attached hydrogens (tertiary/aromatic N) is 3. The maximum Gasteiger partial charge on any atom is 0.229 e. The molecule has 2 aliphatic rings. The zero-order chi connectivity index (χ0) is 19.7. The van der Waals surface area contributed by atoms with E-state index in [0.29, 0.717) is 17.3 Å². The van der Waals surface area contributed by atoms with Crippen LogP contribution >= 0.6 is 23.4 Å². The maximum atomic E-state index is 12.9. The van der Waals surface area contributed by atoms with E-state index >= 15 is 0 Å². The van der Waals surface area contributed by atoms with Crippen molar-refractivity contribution < 1.29 is 9.59 Å². The zero-order valence-electron chi connectivity index (χ0n) is 15.7. The second-order valence-corrected chi connectivity index (χ2v) is 8.90. The lowest BCUT2D eigenvalue weighted by Gasteiger charge is -2.32. The molecule has 4 rings (SSSR count). The quantitative estimate of drug-likeness (QED) is 0.801. The number of aromatic nitrogens is 2. The predicted molar refractivity (Wildman–Crippen MR) is 109 cm³/mol. The van der Waals surface area contributed by atoms with Gasteiger partial charge in [-0.25, -0.2) is 4.98 Å². The minimum Gasteiger partial charge on any atom is -0.342 e. The van der Waals surface area contributed by atoms with E-state index in [4.69, 9.17) is 11.6 Å². The van der Waals surface area contributed by atoms with Crippen LogP contribution in [0.3, 0.4) is 0 Å². The Morgan fingerprint density at radius 2 is 2.07 bits per heavy atom. The summed E-state index contributed by atoms with van der Waals surface area (Å²) in [6.45, 7) is 1.26. The highest BCUT2D eigenvalue weighted by molar-refractivity contribution is 7.99. The molecule has 6 nitrogen and oxygen atoms in total. The number of carbonyl (C=O) groups is 2. The Hall–Kier alpha value is -1.99. The molecule has 2 heterocycles. The third-order valence-electron chi connectivity index (χ3n) is 5.21. The average Bonchev–Trinajstić information content (AvgIpc) is 3.46. The summed E-state index contributed by atoms with van der Waals surface area (Å²) in [4.78, 5) is 32.4. The molecule has 1 saturated heterocycles. The maximum absolute atomic E-state index is 12.9. The summed E-state index contributed by atoms with van der Waals surface area (Å²) in [6, 6.07) is 5.46. The van der Waals surface area contributed by atoms with Gasteiger partial charge in [-0.2, -0.15) is 0 Å². The molecule has 2 amide bonds. The number of imidazole rings is 1. The monoisotopic (exact) mass is 418 g/mol. The number of nitrogens with one attached hydrogen (secondary N) is 1. The normalized spacial score (nSPS) is 19.5. The van der Waals surface area contributed by atoms with Crippen LogP contribution in [0.1, 0.15) is 25.7 Å². The van der Waals surface area contributed by atoms with Crippen LogP contribution in [0.2, 0.25) is 5.02 Å². The Balaban J connectivity index is 1.47. The molecule has 0 radical (unpaired) electrons. The number of aryl methyl sites for hydroxylation is 1. The first kappa shape index (κ1) is 19.3. The Labute approximate surface area is 173 Å². The molecule has 2 aromatic rings. The lowest BCUT2D eigenvalue weighted by Crippen LogP contribution is -2.44. The minimum atomic E-state index is -0.193. The van der Waals surface area contributed by atoms with Crippen molar-refractivity contribution in [3.05, 3.63) is 35.6 Å². The summed E-state index contributed by atoms with van der Waals surface area (Å²) in [5.74, 6) is 0.153. The van der Waals surface area contributed by atoms with Crippen molar-refractivity contribution in [3.8, 4) is 0 Å². The van der Waals surface area contributed by atoms with E-state index in [1.165, 1.54) is 11.8 Å².